The molecule has 1 rings (SSSR count). The first kappa shape index (κ1) is 17.5. The van der Waals surface area contributed by atoms with E-state index in [4.69, 9.17) is 0 Å². The molecule has 0 amide bonds. The van der Waals surface area contributed by atoms with E-state index in [2.05, 4.69) is 4.42 Å². The molecule has 0 aromatic carbocycles. The zero-order valence-corrected chi connectivity index (χ0v) is 8.94. The molecule has 122 valence electrons. The molecule has 1 nitrogen and oxygen atoms in total. The lowest BCUT2D eigenvalue weighted by Gasteiger charge is -2.32. The number of hydrogen-bond acceptors (Lipinski definition) is 1. The van der Waals surface area contributed by atoms with Crippen molar-refractivity contribution in [2.75, 3.05) is 0 Å². The fourth-order valence-corrected chi connectivity index (χ4v) is 1.08. The summed E-state index contributed by atoms with van der Waals surface area (Å²) in [5, 5.41) is 0. The zero-order valence-electron chi connectivity index (χ0n) is 8.94. The molecule has 0 aliphatic rings. The summed E-state index contributed by atoms with van der Waals surface area (Å²) in [5.41, 5.74) is 0. The molecule has 0 fully saturated rings. The van der Waals surface area contributed by atoms with Crippen LogP contribution in [0.5, 0.6) is 0 Å². The topological polar surface area (TPSA) is 13.1 Å². The third-order valence-electron chi connectivity index (χ3n) is 2.19. The van der Waals surface area contributed by atoms with E-state index in [0.29, 0.717) is 0 Å². The molecule has 0 radical (unpaired) electrons. The predicted molar refractivity (Wildman–Crippen MR) is 38.4 cm³/mol. The summed E-state index contributed by atoms with van der Waals surface area (Å²) in [5.74, 6) is -30.7. The van der Waals surface area contributed by atoms with Crippen LogP contribution < -0.4 is 0 Å². The van der Waals surface area contributed by atoms with E-state index in [1.165, 1.54) is 0 Å². The van der Waals surface area contributed by atoms with Gasteiger partial charge < -0.3 is 4.42 Å². The highest BCUT2D eigenvalue weighted by molar-refractivity contribution is 5.18. The lowest BCUT2D eigenvalue weighted by molar-refractivity contribution is -0.402. The quantitative estimate of drug-likeness (QED) is 0.732. The Morgan fingerprint density at radius 2 is 1.05 bits per heavy atom. The molecule has 0 unspecified atom stereocenters. The first-order valence-electron chi connectivity index (χ1n) is 4.43. The maximum atomic E-state index is 13.0. The van der Waals surface area contributed by atoms with Crippen LogP contribution in [0.2, 0.25) is 0 Å². The van der Waals surface area contributed by atoms with E-state index in [0.717, 1.165) is 0 Å². The second kappa shape index (κ2) is 4.47. The van der Waals surface area contributed by atoms with Gasteiger partial charge in [0.25, 0.3) is 0 Å². The standard InChI is InChI=1S/C8F12O/c9-1-2(10)4(11)21-3(1)5(12,13)6(14,15)7(16,17)8(18,19)20. The summed E-state index contributed by atoms with van der Waals surface area (Å²) in [6.07, 6.45) is -7.15. The SMILES string of the molecule is Fc1oc(C(F)(F)C(F)(F)C(F)(F)C(F)(F)F)c(F)c1F. The average molecular weight is 340 g/mol. The molecule has 0 aliphatic carbocycles. The Hall–Kier alpha value is -1.56. The molecule has 1 aromatic heterocycles. The first-order chi connectivity index (χ1) is 9.09. The van der Waals surface area contributed by atoms with Gasteiger partial charge in [-0.1, -0.05) is 0 Å². The van der Waals surface area contributed by atoms with Crippen LogP contribution in [0.25, 0.3) is 0 Å². The molecule has 0 saturated carbocycles. The number of halogens is 12. The van der Waals surface area contributed by atoms with Crippen LogP contribution in [-0.2, 0) is 5.92 Å². The molecule has 1 aromatic rings. The van der Waals surface area contributed by atoms with Gasteiger partial charge in [-0.25, -0.2) is 0 Å². The normalized spacial score (nSPS) is 14.7. The van der Waals surface area contributed by atoms with Crippen LogP contribution in [0.4, 0.5) is 52.7 Å². The summed E-state index contributed by atoms with van der Waals surface area (Å²) in [6, 6.07) is -2.83. The summed E-state index contributed by atoms with van der Waals surface area (Å²) >= 11 is 0. The maximum Gasteiger partial charge on any atom is 0.460 e. The number of rotatable bonds is 3. The Balaban J connectivity index is 3.51. The molecular formula is C8F12O. The van der Waals surface area contributed by atoms with Gasteiger partial charge in [-0.2, -0.15) is 52.7 Å². The monoisotopic (exact) mass is 340 g/mol. The third-order valence-corrected chi connectivity index (χ3v) is 2.19. The van der Waals surface area contributed by atoms with Crippen molar-refractivity contribution in [1.82, 2.24) is 0 Å². The Labute approximate surface area is 106 Å². The van der Waals surface area contributed by atoms with Gasteiger partial charge in [0.2, 0.25) is 17.4 Å². The van der Waals surface area contributed by atoms with Gasteiger partial charge in [0, 0.05) is 0 Å². The summed E-state index contributed by atoms with van der Waals surface area (Å²) in [6.45, 7) is 0. The number of alkyl halides is 9. The van der Waals surface area contributed by atoms with Crippen LogP contribution in [0.15, 0.2) is 4.42 Å². The molecule has 0 bridgehead atoms. The lowest BCUT2D eigenvalue weighted by atomic mass is 10.0. The molecule has 0 aliphatic heterocycles. The van der Waals surface area contributed by atoms with E-state index in [1.807, 2.05) is 0 Å². The fraction of sp³-hybridized carbons (Fsp3) is 0.500. The van der Waals surface area contributed by atoms with E-state index in [9.17, 15) is 52.7 Å². The van der Waals surface area contributed by atoms with Gasteiger partial charge in [0.1, 0.15) is 0 Å². The smallest absolute Gasteiger partial charge is 0.424 e. The molecule has 0 saturated heterocycles. The predicted octanol–water partition coefficient (Wildman–Crippen LogP) is 4.62. The zero-order chi connectivity index (χ0) is 17.0. The second-order valence-corrected chi connectivity index (χ2v) is 3.55. The molecule has 21 heavy (non-hydrogen) atoms. The number of furan rings is 1. The van der Waals surface area contributed by atoms with Gasteiger partial charge in [-0.3, -0.25) is 0 Å². The average Bonchev–Trinajstić information content (AvgIpc) is 2.55. The van der Waals surface area contributed by atoms with Crippen LogP contribution in [-0.4, -0.2) is 18.0 Å². The van der Waals surface area contributed by atoms with Crippen LogP contribution in [0.3, 0.4) is 0 Å². The largest absolute Gasteiger partial charge is 0.460 e. The minimum atomic E-state index is -7.34. The molecule has 0 N–H and O–H groups in total. The van der Waals surface area contributed by atoms with E-state index in [-0.39, 0.29) is 0 Å². The molecule has 1 heterocycles. The van der Waals surface area contributed by atoms with Crippen LogP contribution in [0, 0.1) is 17.6 Å². The highest BCUT2D eigenvalue weighted by Crippen LogP contribution is 2.57. The van der Waals surface area contributed by atoms with Gasteiger partial charge in [0.15, 0.2) is 0 Å². The summed E-state index contributed by atoms with van der Waals surface area (Å²) < 4.78 is 152. The Bertz CT molecular complexity index is 538. The molecular weight excluding hydrogens is 340 g/mol. The van der Waals surface area contributed by atoms with E-state index < -0.39 is 47.4 Å². The van der Waals surface area contributed by atoms with Crippen molar-refractivity contribution >= 4 is 0 Å². The van der Waals surface area contributed by atoms with Crippen molar-refractivity contribution < 1.29 is 57.1 Å². The summed E-state index contributed by atoms with van der Waals surface area (Å²) in [7, 11) is 0. The van der Waals surface area contributed by atoms with Crippen molar-refractivity contribution in [3.63, 3.8) is 0 Å². The maximum absolute atomic E-state index is 13.0. The van der Waals surface area contributed by atoms with Crippen LogP contribution >= 0.6 is 0 Å². The van der Waals surface area contributed by atoms with Crippen molar-refractivity contribution in [3.05, 3.63) is 23.4 Å². The van der Waals surface area contributed by atoms with Gasteiger partial charge in [0.05, 0.1) is 0 Å². The van der Waals surface area contributed by atoms with Gasteiger partial charge >= 0.3 is 30.0 Å². The van der Waals surface area contributed by atoms with Crippen molar-refractivity contribution in [3.8, 4) is 0 Å². The van der Waals surface area contributed by atoms with E-state index in [1.54, 1.807) is 0 Å². The Kier molecular flexibility index (Phi) is 3.72. The minimum absolute atomic E-state index is 2.83. The van der Waals surface area contributed by atoms with Crippen molar-refractivity contribution in [2.45, 2.75) is 23.9 Å². The first-order valence-corrected chi connectivity index (χ1v) is 4.43. The van der Waals surface area contributed by atoms with Crippen LogP contribution in [0.1, 0.15) is 5.76 Å². The Morgan fingerprint density at radius 1 is 0.619 bits per heavy atom. The lowest BCUT2D eigenvalue weighted by Crippen LogP contribution is -2.59. The van der Waals surface area contributed by atoms with Crippen molar-refractivity contribution in [1.29, 1.82) is 0 Å². The second-order valence-electron chi connectivity index (χ2n) is 3.55. The fourth-order valence-electron chi connectivity index (χ4n) is 1.08. The molecule has 13 heteroatoms. The highest BCUT2D eigenvalue weighted by atomic mass is 19.4. The van der Waals surface area contributed by atoms with Crippen molar-refractivity contribution in [2.24, 2.45) is 0 Å². The molecule has 0 atom stereocenters. The van der Waals surface area contributed by atoms with Gasteiger partial charge in [-0.05, 0) is 0 Å². The summed E-state index contributed by atoms with van der Waals surface area (Å²) in [4.78, 5) is 0. The number of hydrogen-bond donors (Lipinski definition) is 0. The highest BCUT2D eigenvalue weighted by Gasteiger charge is 2.83. The van der Waals surface area contributed by atoms with E-state index >= 15 is 0 Å². The van der Waals surface area contributed by atoms with Gasteiger partial charge in [-0.15, -0.1) is 0 Å². The minimum Gasteiger partial charge on any atom is -0.424 e. The third kappa shape index (κ3) is 2.21. The Morgan fingerprint density at radius 3 is 1.33 bits per heavy atom. The molecule has 0 spiro atoms.